The molecule has 1 aromatic carbocycles. The van der Waals surface area contributed by atoms with E-state index in [9.17, 15) is 0 Å². The average Bonchev–Trinajstić information content (AvgIpc) is 2.56. The molecule has 1 fully saturated rings. The third-order valence-electron chi connectivity index (χ3n) is 4.04. The van der Waals surface area contributed by atoms with Crippen LogP contribution in [0.15, 0.2) is 28.7 Å². The predicted molar refractivity (Wildman–Crippen MR) is 85.3 cm³/mol. The number of benzene rings is 1. The second kappa shape index (κ2) is 7.41. The van der Waals surface area contributed by atoms with Gasteiger partial charge in [0.25, 0.3) is 0 Å². The first-order valence-electron chi connectivity index (χ1n) is 7.41. The molecule has 19 heavy (non-hydrogen) atoms. The Kier molecular flexibility index (Phi) is 5.86. The fourth-order valence-electron chi connectivity index (χ4n) is 2.81. The van der Waals surface area contributed by atoms with Crippen LogP contribution in [0.4, 0.5) is 0 Å². The Balaban J connectivity index is 2.05. The molecule has 3 heteroatoms. The van der Waals surface area contributed by atoms with E-state index in [4.69, 9.17) is 0 Å². The number of nitrogens with zero attached hydrogens (tertiary/aromatic N) is 1. The first-order chi connectivity index (χ1) is 9.20. The van der Waals surface area contributed by atoms with Gasteiger partial charge in [0.15, 0.2) is 0 Å². The lowest BCUT2D eigenvalue weighted by Crippen LogP contribution is -2.39. The molecule has 0 radical (unpaired) electrons. The Morgan fingerprint density at radius 1 is 1.37 bits per heavy atom. The first kappa shape index (κ1) is 15.0. The Morgan fingerprint density at radius 2 is 2.16 bits per heavy atom. The number of rotatable bonds is 4. The Morgan fingerprint density at radius 3 is 2.89 bits per heavy atom. The van der Waals surface area contributed by atoms with Crippen molar-refractivity contribution in [3.8, 4) is 0 Å². The largest absolute Gasteiger partial charge is 0.313 e. The van der Waals surface area contributed by atoms with E-state index in [-0.39, 0.29) is 0 Å². The van der Waals surface area contributed by atoms with Crippen LogP contribution in [-0.4, -0.2) is 30.1 Å². The summed E-state index contributed by atoms with van der Waals surface area (Å²) in [6.45, 7) is 7.99. The van der Waals surface area contributed by atoms with E-state index in [1.165, 1.54) is 29.3 Å². The van der Waals surface area contributed by atoms with Gasteiger partial charge in [0.2, 0.25) is 0 Å². The van der Waals surface area contributed by atoms with Crippen LogP contribution in [0, 0.1) is 0 Å². The summed E-state index contributed by atoms with van der Waals surface area (Å²) in [6.07, 6.45) is 3.78. The fourth-order valence-corrected chi connectivity index (χ4v) is 3.22. The van der Waals surface area contributed by atoms with Crippen LogP contribution >= 0.6 is 15.9 Å². The molecule has 1 heterocycles. The molecule has 2 nitrogen and oxygen atoms in total. The van der Waals surface area contributed by atoms with Gasteiger partial charge in [-0.2, -0.15) is 0 Å². The van der Waals surface area contributed by atoms with Gasteiger partial charge in [-0.1, -0.05) is 47.5 Å². The number of nitrogens with one attached hydrogen (secondary N) is 1. The molecule has 1 aliphatic rings. The van der Waals surface area contributed by atoms with Gasteiger partial charge < -0.3 is 5.32 Å². The summed E-state index contributed by atoms with van der Waals surface area (Å²) in [6, 6.07) is 9.88. The minimum absolute atomic E-state index is 0.650. The van der Waals surface area contributed by atoms with E-state index in [2.05, 4.69) is 64.3 Å². The molecule has 0 aromatic heterocycles. The van der Waals surface area contributed by atoms with E-state index in [0.717, 1.165) is 19.6 Å². The second-order valence-electron chi connectivity index (χ2n) is 5.60. The zero-order valence-corrected chi connectivity index (χ0v) is 13.6. The molecule has 106 valence electrons. The molecular formula is C16H25BrN2. The topological polar surface area (TPSA) is 15.3 Å². The van der Waals surface area contributed by atoms with Crippen molar-refractivity contribution in [3.05, 3.63) is 34.3 Å². The summed E-state index contributed by atoms with van der Waals surface area (Å²) in [7, 11) is 0. The maximum atomic E-state index is 3.69. The molecular weight excluding hydrogens is 300 g/mol. The molecule has 1 saturated heterocycles. The van der Waals surface area contributed by atoms with Crippen molar-refractivity contribution in [1.82, 2.24) is 10.2 Å². The van der Waals surface area contributed by atoms with Crippen molar-refractivity contribution in [2.75, 3.05) is 13.1 Å². The Bertz CT molecular complexity index is 394. The third-order valence-corrected chi connectivity index (χ3v) is 4.82. The van der Waals surface area contributed by atoms with Crippen LogP contribution in [0.3, 0.4) is 0 Å². The summed E-state index contributed by atoms with van der Waals surface area (Å²) in [4.78, 5) is 2.63. The summed E-state index contributed by atoms with van der Waals surface area (Å²) >= 11 is 3.67. The van der Waals surface area contributed by atoms with Crippen molar-refractivity contribution >= 4 is 15.9 Å². The van der Waals surface area contributed by atoms with Crippen molar-refractivity contribution in [2.24, 2.45) is 0 Å². The van der Waals surface area contributed by atoms with Gasteiger partial charge in [-0.25, -0.2) is 0 Å². The monoisotopic (exact) mass is 324 g/mol. The summed E-state index contributed by atoms with van der Waals surface area (Å²) in [5.74, 6) is 0. The van der Waals surface area contributed by atoms with Crippen LogP contribution in [0.2, 0.25) is 0 Å². The van der Waals surface area contributed by atoms with Crippen LogP contribution < -0.4 is 5.32 Å². The molecule has 1 N–H and O–H groups in total. The maximum Gasteiger partial charge on any atom is 0.0248 e. The Labute approximate surface area is 125 Å². The smallest absolute Gasteiger partial charge is 0.0248 e. The Hall–Kier alpha value is -0.380. The molecule has 0 spiro atoms. The highest BCUT2D eigenvalue weighted by molar-refractivity contribution is 9.10. The highest BCUT2D eigenvalue weighted by Gasteiger charge is 2.22. The van der Waals surface area contributed by atoms with Crippen LogP contribution in [0.5, 0.6) is 0 Å². The number of hydrogen-bond acceptors (Lipinski definition) is 2. The summed E-state index contributed by atoms with van der Waals surface area (Å²) < 4.78 is 1.23. The predicted octanol–water partition coefficient (Wildman–Crippen LogP) is 3.80. The lowest BCUT2D eigenvalue weighted by atomic mass is 10.1. The van der Waals surface area contributed by atoms with Gasteiger partial charge in [0, 0.05) is 29.6 Å². The van der Waals surface area contributed by atoms with Gasteiger partial charge in [-0.3, -0.25) is 4.90 Å². The van der Waals surface area contributed by atoms with Crippen molar-refractivity contribution in [1.29, 1.82) is 0 Å². The number of halogens is 1. The maximum absolute atomic E-state index is 3.69. The van der Waals surface area contributed by atoms with Crippen LogP contribution in [0.1, 0.15) is 38.7 Å². The molecule has 1 aliphatic heterocycles. The zero-order chi connectivity index (χ0) is 13.7. The molecule has 1 aromatic rings. The SMILES string of the molecule is CCCC1CN(Cc2ccccc2Br)C(C)CCN1. The van der Waals surface area contributed by atoms with Gasteiger partial charge in [0.1, 0.15) is 0 Å². The lowest BCUT2D eigenvalue weighted by molar-refractivity contribution is 0.193. The highest BCUT2D eigenvalue weighted by atomic mass is 79.9. The second-order valence-corrected chi connectivity index (χ2v) is 6.45. The van der Waals surface area contributed by atoms with Crippen LogP contribution in [-0.2, 0) is 6.54 Å². The van der Waals surface area contributed by atoms with E-state index >= 15 is 0 Å². The minimum atomic E-state index is 0.650. The third kappa shape index (κ3) is 4.30. The first-order valence-corrected chi connectivity index (χ1v) is 8.20. The van der Waals surface area contributed by atoms with Crippen molar-refractivity contribution in [2.45, 2.75) is 51.7 Å². The van der Waals surface area contributed by atoms with Gasteiger partial charge in [-0.05, 0) is 37.9 Å². The molecule has 0 aliphatic carbocycles. The van der Waals surface area contributed by atoms with Gasteiger partial charge in [0.05, 0.1) is 0 Å². The molecule has 0 bridgehead atoms. The van der Waals surface area contributed by atoms with E-state index in [0.29, 0.717) is 12.1 Å². The minimum Gasteiger partial charge on any atom is -0.313 e. The molecule has 2 unspecified atom stereocenters. The van der Waals surface area contributed by atoms with E-state index in [1.54, 1.807) is 0 Å². The molecule has 0 saturated carbocycles. The molecule has 2 atom stereocenters. The van der Waals surface area contributed by atoms with Crippen molar-refractivity contribution in [3.63, 3.8) is 0 Å². The van der Waals surface area contributed by atoms with Gasteiger partial charge in [-0.15, -0.1) is 0 Å². The van der Waals surface area contributed by atoms with Crippen LogP contribution in [0.25, 0.3) is 0 Å². The quantitative estimate of drug-likeness (QED) is 0.906. The standard InChI is InChI=1S/C16H25BrN2/c1-3-6-15-12-19(13(2)9-10-18-15)11-14-7-4-5-8-16(14)17/h4-5,7-8,13,15,18H,3,6,9-12H2,1-2H3. The molecule has 2 rings (SSSR count). The zero-order valence-electron chi connectivity index (χ0n) is 12.0. The molecule has 0 amide bonds. The van der Waals surface area contributed by atoms with E-state index in [1.807, 2.05) is 0 Å². The lowest BCUT2D eigenvalue weighted by Gasteiger charge is -2.29. The summed E-state index contributed by atoms with van der Waals surface area (Å²) in [5, 5.41) is 3.69. The van der Waals surface area contributed by atoms with Gasteiger partial charge >= 0.3 is 0 Å². The summed E-state index contributed by atoms with van der Waals surface area (Å²) in [5.41, 5.74) is 1.39. The highest BCUT2D eigenvalue weighted by Crippen LogP contribution is 2.21. The average molecular weight is 325 g/mol. The number of hydrogen-bond donors (Lipinski definition) is 1. The normalized spacial score (nSPS) is 25.2. The van der Waals surface area contributed by atoms with E-state index < -0.39 is 0 Å². The van der Waals surface area contributed by atoms with Crippen molar-refractivity contribution < 1.29 is 0 Å². The fraction of sp³-hybridized carbons (Fsp3) is 0.625.